The molecule has 0 atom stereocenters. The molecule has 0 unspecified atom stereocenters. The molecule has 0 saturated carbocycles. The summed E-state index contributed by atoms with van der Waals surface area (Å²) in [6.07, 6.45) is 1.58. The molecule has 0 aliphatic rings. The van der Waals surface area contributed by atoms with Crippen LogP contribution in [0.1, 0.15) is 5.76 Å². The second-order valence-corrected chi connectivity index (χ2v) is 7.77. The molecule has 2 heterocycles. The highest BCUT2D eigenvalue weighted by atomic mass is 79.9. The number of aromatic nitrogens is 2. The van der Waals surface area contributed by atoms with Gasteiger partial charge >= 0.3 is 0 Å². The number of nitrogens with one attached hydrogen (secondary N) is 2. The Labute approximate surface area is 155 Å². The summed E-state index contributed by atoms with van der Waals surface area (Å²) in [5, 5.41) is 14.8. The van der Waals surface area contributed by atoms with Crippen molar-refractivity contribution in [3.05, 3.63) is 52.9 Å². The molecule has 24 heavy (non-hydrogen) atoms. The van der Waals surface area contributed by atoms with Crippen LogP contribution in [0.5, 0.6) is 0 Å². The van der Waals surface area contributed by atoms with E-state index in [0.717, 1.165) is 20.3 Å². The molecule has 0 spiro atoms. The molecule has 0 aliphatic carbocycles. The Kier molecular flexibility index (Phi) is 5.89. The minimum Gasteiger partial charge on any atom is -0.467 e. The maximum Gasteiger partial charge on any atom is 0.230 e. The number of rotatable bonds is 7. The van der Waals surface area contributed by atoms with Crippen LogP contribution < -0.4 is 10.6 Å². The highest BCUT2D eigenvalue weighted by Gasteiger charge is 2.09. The average molecular weight is 425 g/mol. The van der Waals surface area contributed by atoms with E-state index in [0.29, 0.717) is 11.7 Å². The molecule has 3 aromatic rings. The van der Waals surface area contributed by atoms with E-state index < -0.39 is 0 Å². The van der Waals surface area contributed by atoms with Gasteiger partial charge in [-0.3, -0.25) is 4.79 Å². The molecule has 2 N–H and O–H groups in total. The minimum atomic E-state index is -0.0758. The van der Waals surface area contributed by atoms with E-state index in [1.807, 2.05) is 30.3 Å². The number of carbonyl (C=O) groups excluding carboxylic acids is 1. The van der Waals surface area contributed by atoms with Gasteiger partial charge in [0.25, 0.3) is 0 Å². The molecule has 2 aromatic heterocycles. The van der Waals surface area contributed by atoms with Gasteiger partial charge < -0.3 is 15.1 Å². The highest BCUT2D eigenvalue weighted by Crippen LogP contribution is 2.28. The van der Waals surface area contributed by atoms with Gasteiger partial charge in [0.2, 0.25) is 11.0 Å². The first-order chi connectivity index (χ1) is 11.7. The zero-order valence-corrected chi connectivity index (χ0v) is 15.6. The van der Waals surface area contributed by atoms with E-state index in [-0.39, 0.29) is 11.7 Å². The Morgan fingerprint density at radius 3 is 3.00 bits per heavy atom. The molecule has 1 amide bonds. The molecule has 0 fully saturated rings. The Balaban J connectivity index is 1.46. The molecule has 124 valence electrons. The first-order valence-corrected chi connectivity index (χ1v) is 9.56. The van der Waals surface area contributed by atoms with Gasteiger partial charge in [-0.25, -0.2) is 0 Å². The Hall–Kier alpha value is -1.84. The van der Waals surface area contributed by atoms with E-state index in [9.17, 15) is 4.79 Å². The van der Waals surface area contributed by atoms with E-state index in [4.69, 9.17) is 4.42 Å². The molecule has 1 aromatic carbocycles. The van der Waals surface area contributed by atoms with Gasteiger partial charge in [-0.1, -0.05) is 45.1 Å². The van der Waals surface area contributed by atoms with Crippen LogP contribution in [-0.2, 0) is 11.3 Å². The number of hydrogen-bond donors (Lipinski definition) is 2. The molecule has 0 saturated heterocycles. The molecule has 6 nitrogen and oxygen atoms in total. The molecule has 0 radical (unpaired) electrons. The third kappa shape index (κ3) is 5.08. The van der Waals surface area contributed by atoms with Crippen molar-refractivity contribution in [3.8, 4) is 0 Å². The van der Waals surface area contributed by atoms with Gasteiger partial charge in [0.05, 0.1) is 18.6 Å². The van der Waals surface area contributed by atoms with Gasteiger partial charge in [0.15, 0.2) is 4.34 Å². The first kappa shape index (κ1) is 17.0. The third-order valence-electron chi connectivity index (χ3n) is 2.85. The van der Waals surface area contributed by atoms with E-state index in [2.05, 4.69) is 36.8 Å². The summed E-state index contributed by atoms with van der Waals surface area (Å²) in [5.74, 6) is 0.935. The fourth-order valence-electron chi connectivity index (χ4n) is 1.79. The normalized spacial score (nSPS) is 10.5. The predicted octanol–water partition coefficient (Wildman–Crippen LogP) is 4.05. The lowest BCUT2D eigenvalue weighted by atomic mass is 10.3. The monoisotopic (exact) mass is 424 g/mol. The molecular weight excluding hydrogens is 412 g/mol. The Bertz CT molecular complexity index is 807. The number of carbonyl (C=O) groups is 1. The van der Waals surface area contributed by atoms with E-state index in [1.54, 1.807) is 12.3 Å². The van der Waals surface area contributed by atoms with Crippen molar-refractivity contribution in [2.75, 3.05) is 11.1 Å². The zero-order chi connectivity index (χ0) is 16.8. The van der Waals surface area contributed by atoms with Gasteiger partial charge in [0, 0.05) is 10.2 Å². The molecule has 3 rings (SSSR count). The van der Waals surface area contributed by atoms with Crippen LogP contribution in [0.15, 0.2) is 55.9 Å². The van der Waals surface area contributed by atoms with Crippen LogP contribution >= 0.6 is 39.0 Å². The molecule has 0 bridgehead atoms. The standard InChI is InChI=1S/C15H13BrN4O2S2/c16-10-3-1-4-11(7-10)18-14-19-20-15(24-14)23-9-13(21)17-8-12-5-2-6-22-12/h1-7H,8-9H2,(H,17,21)(H,18,19). The van der Waals surface area contributed by atoms with E-state index in [1.165, 1.54) is 23.1 Å². The average Bonchev–Trinajstić information content (AvgIpc) is 3.23. The molecule has 0 aliphatic heterocycles. The van der Waals surface area contributed by atoms with Crippen LogP contribution in [0, 0.1) is 0 Å². The summed E-state index contributed by atoms with van der Waals surface area (Å²) in [6, 6.07) is 11.4. The minimum absolute atomic E-state index is 0.0758. The highest BCUT2D eigenvalue weighted by molar-refractivity contribution is 9.10. The Morgan fingerprint density at radius 2 is 2.21 bits per heavy atom. The summed E-state index contributed by atoms with van der Waals surface area (Å²) in [4.78, 5) is 11.8. The number of furan rings is 1. The predicted molar refractivity (Wildman–Crippen MR) is 98.6 cm³/mol. The quantitative estimate of drug-likeness (QED) is 0.556. The number of halogens is 1. The van der Waals surface area contributed by atoms with Crippen molar-refractivity contribution in [3.63, 3.8) is 0 Å². The number of nitrogens with zero attached hydrogens (tertiary/aromatic N) is 2. The summed E-state index contributed by atoms with van der Waals surface area (Å²) in [6.45, 7) is 0.387. The maximum atomic E-state index is 11.8. The number of benzene rings is 1. The van der Waals surface area contributed by atoms with Gasteiger partial charge in [0.1, 0.15) is 5.76 Å². The number of hydrogen-bond acceptors (Lipinski definition) is 7. The lowest BCUT2D eigenvalue weighted by Crippen LogP contribution is -2.24. The SMILES string of the molecule is O=C(CSc1nnc(Nc2cccc(Br)c2)s1)NCc1ccco1. The smallest absolute Gasteiger partial charge is 0.230 e. The van der Waals surface area contributed by atoms with Crippen LogP contribution in [-0.4, -0.2) is 21.9 Å². The summed E-state index contributed by atoms with van der Waals surface area (Å²) >= 11 is 6.18. The maximum absolute atomic E-state index is 11.8. The zero-order valence-electron chi connectivity index (χ0n) is 12.4. The Morgan fingerprint density at radius 1 is 1.29 bits per heavy atom. The fourth-order valence-corrected chi connectivity index (χ4v) is 3.79. The lowest BCUT2D eigenvalue weighted by molar-refractivity contribution is -0.118. The lowest BCUT2D eigenvalue weighted by Gasteiger charge is -2.02. The van der Waals surface area contributed by atoms with E-state index >= 15 is 0 Å². The van der Waals surface area contributed by atoms with Crippen molar-refractivity contribution in [1.29, 1.82) is 0 Å². The summed E-state index contributed by atoms with van der Waals surface area (Å²) in [7, 11) is 0. The number of amides is 1. The largest absolute Gasteiger partial charge is 0.467 e. The molecule has 9 heteroatoms. The van der Waals surface area contributed by atoms with Crippen LogP contribution in [0.2, 0.25) is 0 Å². The van der Waals surface area contributed by atoms with Crippen molar-refractivity contribution in [2.45, 2.75) is 10.9 Å². The molecular formula is C15H13BrN4O2S2. The summed E-state index contributed by atoms with van der Waals surface area (Å²) in [5.41, 5.74) is 0.924. The third-order valence-corrected chi connectivity index (χ3v) is 5.31. The van der Waals surface area contributed by atoms with Crippen LogP contribution in [0.25, 0.3) is 0 Å². The second kappa shape index (κ2) is 8.32. The topological polar surface area (TPSA) is 80.0 Å². The van der Waals surface area contributed by atoms with Gasteiger partial charge in [-0.2, -0.15) is 0 Å². The van der Waals surface area contributed by atoms with Crippen molar-refractivity contribution >= 4 is 55.8 Å². The fraction of sp³-hybridized carbons (Fsp3) is 0.133. The van der Waals surface area contributed by atoms with Gasteiger partial charge in [-0.05, 0) is 30.3 Å². The van der Waals surface area contributed by atoms with Crippen molar-refractivity contribution in [2.24, 2.45) is 0 Å². The second-order valence-electron chi connectivity index (χ2n) is 4.65. The first-order valence-electron chi connectivity index (χ1n) is 6.97. The number of thioether (sulfide) groups is 1. The van der Waals surface area contributed by atoms with Crippen LogP contribution in [0.4, 0.5) is 10.8 Å². The van der Waals surface area contributed by atoms with Crippen molar-refractivity contribution in [1.82, 2.24) is 15.5 Å². The van der Waals surface area contributed by atoms with Gasteiger partial charge in [-0.15, -0.1) is 10.2 Å². The van der Waals surface area contributed by atoms with Crippen molar-refractivity contribution < 1.29 is 9.21 Å². The number of anilines is 2. The van der Waals surface area contributed by atoms with Crippen LogP contribution in [0.3, 0.4) is 0 Å². The summed E-state index contributed by atoms with van der Waals surface area (Å²) < 4.78 is 6.88.